The summed E-state index contributed by atoms with van der Waals surface area (Å²) in [7, 11) is -1.43. The summed E-state index contributed by atoms with van der Waals surface area (Å²) in [5.41, 5.74) is 2.04. The van der Waals surface area contributed by atoms with Crippen molar-refractivity contribution in [2.45, 2.75) is 31.5 Å². The van der Waals surface area contributed by atoms with Crippen LogP contribution in [0, 0.1) is 0 Å². The molecule has 200 valence electrons. The number of likely N-dealkylation sites (N-methyl/N-ethyl adjacent to an activating group) is 1. The number of halogens is 2. The molecule has 2 aliphatic rings. The van der Waals surface area contributed by atoms with E-state index in [1.54, 1.807) is 24.3 Å². The molecule has 0 aliphatic carbocycles. The average Bonchev–Trinajstić information content (AvgIpc) is 3.43. The second-order valence-electron chi connectivity index (χ2n) is 9.36. The molecule has 3 N–H and O–H groups in total. The SMILES string of the molecule is CN1CCc2nc(C(=O)N[C@H]3CCN(S(C)(=O)=O)C[C@H]3NC(=O)c3cc4cc(Cl)ccc4[nH]3)sc2C1.Cl. The first kappa shape index (κ1) is 27.8. The molecular weight excluding hydrogens is 559 g/mol. The number of thiazole rings is 1. The number of hydrogen-bond acceptors (Lipinski definition) is 7. The van der Waals surface area contributed by atoms with Crippen LogP contribution < -0.4 is 10.6 Å². The van der Waals surface area contributed by atoms with Gasteiger partial charge in [0.05, 0.1) is 24.0 Å². The molecule has 0 saturated carbocycles. The van der Waals surface area contributed by atoms with Crippen molar-refractivity contribution in [3.63, 3.8) is 0 Å². The van der Waals surface area contributed by atoms with Gasteiger partial charge in [0.25, 0.3) is 11.8 Å². The Bertz CT molecular complexity index is 1440. The Kier molecular flexibility index (Phi) is 8.17. The van der Waals surface area contributed by atoms with Crippen molar-refractivity contribution in [2.24, 2.45) is 0 Å². The van der Waals surface area contributed by atoms with E-state index in [0.717, 1.165) is 47.2 Å². The number of nitrogens with zero attached hydrogens (tertiary/aromatic N) is 3. The zero-order valence-electron chi connectivity index (χ0n) is 20.3. The van der Waals surface area contributed by atoms with Gasteiger partial charge in [-0.2, -0.15) is 4.31 Å². The summed E-state index contributed by atoms with van der Waals surface area (Å²) in [4.78, 5) is 37.1. The van der Waals surface area contributed by atoms with Gasteiger partial charge in [0, 0.05) is 53.4 Å². The van der Waals surface area contributed by atoms with E-state index in [4.69, 9.17) is 11.6 Å². The van der Waals surface area contributed by atoms with E-state index in [9.17, 15) is 18.0 Å². The highest BCUT2D eigenvalue weighted by molar-refractivity contribution is 7.88. The van der Waals surface area contributed by atoms with Gasteiger partial charge in [-0.3, -0.25) is 9.59 Å². The molecule has 10 nitrogen and oxygen atoms in total. The highest BCUT2D eigenvalue weighted by Gasteiger charge is 2.36. The lowest BCUT2D eigenvalue weighted by atomic mass is 10.0. The van der Waals surface area contributed by atoms with Crippen LogP contribution >= 0.6 is 35.3 Å². The van der Waals surface area contributed by atoms with Gasteiger partial charge in [-0.05, 0) is 37.7 Å². The number of carbonyl (C=O) groups is 2. The topological polar surface area (TPSA) is 128 Å². The van der Waals surface area contributed by atoms with E-state index < -0.39 is 28.0 Å². The Hall–Kier alpha value is -2.22. The molecule has 2 aliphatic heterocycles. The monoisotopic (exact) mass is 586 g/mol. The van der Waals surface area contributed by atoms with Crippen LogP contribution in [0.25, 0.3) is 10.9 Å². The molecule has 0 bridgehead atoms. The second kappa shape index (κ2) is 10.9. The number of aromatic amines is 1. The number of hydrogen-bond donors (Lipinski definition) is 3. The largest absolute Gasteiger partial charge is 0.351 e. The molecule has 37 heavy (non-hydrogen) atoms. The highest BCUT2D eigenvalue weighted by atomic mass is 35.5. The van der Waals surface area contributed by atoms with Gasteiger partial charge in [-0.25, -0.2) is 13.4 Å². The average molecular weight is 588 g/mol. The minimum absolute atomic E-state index is 0. The molecule has 2 atom stereocenters. The predicted octanol–water partition coefficient (Wildman–Crippen LogP) is 2.25. The van der Waals surface area contributed by atoms with E-state index in [1.165, 1.54) is 15.6 Å². The molecule has 14 heteroatoms. The third-order valence-corrected chi connectivity index (χ3v) is 9.21. The molecule has 1 saturated heterocycles. The summed E-state index contributed by atoms with van der Waals surface area (Å²) in [5.74, 6) is -0.705. The van der Waals surface area contributed by atoms with Gasteiger partial charge in [0.15, 0.2) is 5.01 Å². The van der Waals surface area contributed by atoms with Crippen LogP contribution in [0.15, 0.2) is 24.3 Å². The fraction of sp³-hybridized carbons (Fsp3) is 0.435. The maximum atomic E-state index is 13.1. The molecule has 1 aromatic carbocycles. The van der Waals surface area contributed by atoms with E-state index in [1.807, 2.05) is 7.05 Å². The van der Waals surface area contributed by atoms with Crippen LogP contribution in [0.3, 0.4) is 0 Å². The molecule has 0 spiro atoms. The third kappa shape index (κ3) is 6.10. The number of fused-ring (bicyclic) bond motifs is 2. The van der Waals surface area contributed by atoms with Crippen LogP contribution in [0.2, 0.25) is 5.02 Å². The first-order chi connectivity index (χ1) is 17.1. The summed E-state index contributed by atoms with van der Waals surface area (Å²) in [6.07, 6.45) is 2.31. The van der Waals surface area contributed by atoms with Gasteiger partial charge in [0.2, 0.25) is 10.0 Å². The molecular formula is C23H28Cl2N6O4S2. The number of rotatable bonds is 5. The molecule has 1 fully saturated rings. The molecule has 2 amide bonds. The fourth-order valence-electron chi connectivity index (χ4n) is 4.66. The number of benzene rings is 1. The van der Waals surface area contributed by atoms with Crippen LogP contribution in [0.5, 0.6) is 0 Å². The zero-order valence-corrected chi connectivity index (χ0v) is 23.5. The lowest BCUT2D eigenvalue weighted by molar-refractivity contribution is 0.0847. The number of sulfonamides is 1. The first-order valence-electron chi connectivity index (χ1n) is 11.6. The quantitative estimate of drug-likeness (QED) is 0.421. The first-order valence-corrected chi connectivity index (χ1v) is 14.6. The number of aromatic nitrogens is 2. The lowest BCUT2D eigenvalue weighted by Crippen LogP contribution is -2.61. The van der Waals surface area contributed by atoms with Crippen molar-refractivity contribution in [3.8, 4) is 0 Å². The number of H-pyrrole nitrogens is 1. The molecule has 5 rings (SSSR count). The van der Waals surface area contributed by atoms with E-state index in [-0.39, 0.29) is 31.4 Å². The zero-order chi connectivity index (χ0) is 25.6. The molecule has 4 heterocycles. The Labute approximate surface area is 230 Å². The Balaban J connectivity index is 0.00000320. The minimum Gasteiger partial charge on any atom is -0.351 e. The van der Waals surface area contributed by atoms with Gasteiger partial charge >= 0.3 is 0 Å². The van der Waals surface area contributed by atoms with Gasteiger partial charge in [-0.15, -0.1) is 23.7 Å². The molecule has 0 radical (unpaired) electrons. The summed E-state index contributed by atoms with van der Waals surface area (Å²) in [5, 5.41) is 7.66. The smallest absolute Gasteiger partial charge is 0.280 e. The van der Waals surface area contributed by atoms with Gasteiger partial charge < -0.3 is 20.5 Å². The van der Waals surface area contributed by atoms with Crippen molar-refractivity contribution in [3.05, 3.63) is 50.6 Å². The van der Waals surface area contributed by atoms with E-state index in [2.05, 4.69) is 25.5 Å². The highest BCUT2D eigenvalue weighted by Crippen LogP contribution is 2.25. The van der Waals surface area contributed by atoms with Crippen LogP contribution in [-0.4, -0.2) is 84.4 Å². The second-order valence-corrected chi connectivity index (χ2v) is 12.9. The Morgan fingerprint density at radius 2 is 1.92 bits per heavy atom. The van der Waals surface area contributed by atoms with E-state index >= 15 is 0 Å². The summed E-state index contributed by atoms with van der Waals surface area (Å²) >= 11 is 7.44. The van der Waals surface area contributed by atoms with Crippen molar-refractivity contribution in [1.29, 1.82) is 0 Å². The van der Waals surface area contributed by atoms with E-state index in [0.29, 0.717) is 22.1 Å². The lowest BCUT2D eigenvalue weighted by Gasteiger charge is -2.37. The minimum atomic E-state index is -3.46. The summed E-state index contributed by atoms with van der Waals surface area (Å²) in [6.45, 7) is 1.97. The van der Waals surface area contributed by atoms with Crippen molar-refractivity contribution in [2.75, 3.05) is 32.9 Å². The number of amides is 2. The molecule has 2 aromatic heterocycles. The maximum Gasteiger partial charge on any atom is 0.280 e. The summed E-state index contributed by atoms with van der Waals surface area (Å²) in [6, 6.07) is 5.88. The normalized spacial score (nSPS) is 20.7. The maximum absolute atomic E-state index is 13.1. The third-order valence-electron chi connectivity index (χ3n) is 6.62. The number of nitrogens with one attached hydrogen (secondary N) is 3. The Morgan fingerprint density at radius 1 is 1.16 bits per heavy atom. The fourth-order valence-corrected chi connectivity index (χ4v) is 6.81. The van der Waals surface area contributed by atoms with Gasteiger partial charge in [-0.1, -0.05) is 11.6 Å². The van der Waals surface area contributed by atoms with Gasteiger partial charge in [0.1, 0.15) is 5.69 Å². The molecule has 3 aromatic rings. The molecule has 0 unspecified atom stereocenters. The number of carbonyl (C=O) groups excluding carboxylic acids is 2. The van der Waals surface area contributed by atoms with Crippen LogP contribution in [-0.2, 0) is 23.0 Å². The van der Waals surface area contributed by atoms with Crippen LogP contribution in [0.1, 0.15) is 37.3 Å². The van der Waals surface area contributed by atoms with Crippen molar-refractivity contribution >= 4 is 68.1 Å². The van der Waals surface area contributed by atoms with Crippen molar-refractivity contribution < 1.29 is 18.0 Å². The Morgan fingerprint density at radius 3 is 2.68 bits per heavy atom. The predicted molar refractivity (Wildman–Crippen MR) is 146 cm³/mol. The van der Waals surface area contributed by atoms with Crippen molar-refractivity contribution in [1.82, 2.24) is 29.8 Å². The standard InChI is InChI=1S/C23H27ClN6O4S2.ClH/c1-29-7-5-17-20(12-29)35-23(28-17)22(32)26-16-6-8-30(36(2,33)34)11-19(16)27-21(31)18-10-13-9-14(24)3-4-15(13)25-18;/h3-4,9-10,16,19,25H,5-8,11-12H2,1-2H3,(H,26,32)(H,27,31);1H/t16-,19+;/m0./s1. The van der Waals surface area contributed by atoms with Crippen LogP contribution in [0.4, 0.5) is 0 Å². The number of piperidine rings is 1. The summed E-state index contributed by atoms with van der Waals surface area (Å²) < 4.78 is 25.8.